The maximum Gasteiger partial charge on any atom is 0.218 e. The molecule has 1 atom stereocenters. The van der Waals surface area contributed by atoms with E-state index in [4.69, 9.17) is 5.73 Å². The topological polar surface area (TPSA) is 63.4 Å². The third-order valence-electron chi connectivity index (χ3n) is 2.77. The van der Waals surface area contributed by atoms with Crippen molar-refractivity contribution in [3.05, 3.63) is 35.9 Å². The standard InChI is InChI=1S/C11H16N2O2S/c12-11-6-7-13(8-11)16(14,15)9-10-4-2-1-3-5-10/h1-5,11H,6-9,12H2/t11-/m1/s1. The molecule has 2 N–H and O–H groups in total. The van der Waals surface area contributed by atoms with Crippen LogP contribution >= 0.6 is 0 Å². The lowest BCUT2D eigenvalue weighted by atomic mass is 10.2. The summed E-state index contributed by atoms with van der Waals surface area (Å²) in [4.78, 5) is 0. The maximum absolute atomic E-state index is 12.0. The molecule has 5 heteroatoms. The Bertz CT molecular complexity index is 444. The van der Waals surface area contributed by atoms with Gasteiger partial charge in [-0.1, -0.05) is 30.3 Å². The SMILES string of the molecule is N[C@@H]1CCN(S(=O)(=O)Cc2ccccc2)C1. The molecule has 0 saturated carbocycles. The first-order chi connectivity index (χ1) is 7.58. The average molecular weight is 240 g/mol. The Labute approximate surface area is 96.1 Å². The second-order valence-corrected chi connectivity index (χ2v) is 6.12. The molecule has 1 aromatic rings. The van der Waals surface area contributed by atoms with Gasteiger partial charge in [0.05, 0.1) is 5.75 Å². The van der Waals surface area contributed by atoms with Crippen molar-refractivity contribution in [3.63, 3.8) is 0 Å². The molecule has 1 fully saturated rings. The van der Waals surface area contributed by atoms with E-state index in [-0.39, 0.29) is 11.8 Å². The number of hydrogen-bond acceptors (Lipinski definition) is 3. The summed E-state index contributed by atoms with van der Waals surface area (Å²) in [6.07, 6.45) is 0.758. The highest BCUT2D eigenvalue weighted by molar-refractivity contribution is 7.88. The second kappa shape index (κ2) is 4.53. The van der Waals surface area contributed by atoms with Crippen LogP contribution in [0.5, 0.6) is 0 Å². The van der Waals surface area contributed by atoms with Gasteiger partial charge in [-0.05, 0) is 12.0 Å². The van der Waals surface area contributed by atoms with E-state index in [0.717, 1.165) is 12.0 Å². The van der Waals surface area contributed by atoms with Crippen LogP contribution in [0.2, 0.25) is 0 Å². The minimum Gasteiger partial charge on any atom is -0.326 e. The molecule has 0 aliphatic carbocycles. The van der Waals surface area contributed by atoms with Crippen LogP contribution in [-0.2, 0) is 15.8 Å². The molecular weight excluding hydrogens is 224 g/mol. The molecule has 0 unspecified atom stereocenters. The largest absolute Gasteiger partial charge is 0.326 e. The predicted molar refractivity (Wildman–Crippen MR) is 63.2 cm³/mol. The molecule has 16 heavy (non-hydrogen) atoms. The minimum absolute atomic E-state index is 0.00875. The van der Waals surface area contributed by atoms with Crippen LogP contribution in [0.3, 0.4) is 0 Å². The van der Waals surface area contributed by atoms with Gasteiger partial charge < -0.3 is 5.73 Å². The fraction of sp³-hybridized carbons (Fsp3) is 0.455. The van der Waals surface area contributed by atoms with E-state index < -0.39 is 10.0 Å². The van der Waals surface area contributed by atoms with Gasteiger partial charge in [-0.25, -0.2) is 12.7 Å². The summed E-state index contributed by atoms with van der Waals surface area (Å²) in [5.74, 6) is 0.0700. The van der Waals surface area contributed by atoms with Gasteiger partial charge in [0.2, 0.25) is 10.0 Å². The van der Waals surface area contributed by atoms with Gasteiger partial charge in [0.25, 0.3) is 0 Å². The first-order valence-corrected chi connectivity index (χ1v) is 6.96. The van der Waals surface area contributed by atoms with Gasteiger partial charge in [-0.3, -0.25) is 0 Å². The molecule has 1 aliphatic rings. The number of benzene rings is 1. The molecule has 0 spiro atoms. The van der Waals surface area contributed by atoms with Crippen LogP contribution in [0.15, 0.2) is 30.3 Å². The van der Waals surface area contributed by atoms with Crippen molar-refractivity contribution in [2.24, 2.45) is 5.73 Å². The zero-order chi connectivity index (χ0) is 11.6. The van der Waals surface area contributed by atoms with E-state index >= 15 is 0 Å². The summed E-state index contributed by atoms with van der Waals surface area (Å²) < 4.78 is 25.5. The zero-order valence-electron chi connectivity index (χ0n) is 9.04. The molecule has 1 saturated heterocycles. The summed E-state index contributed by atoms with van der Waals surface area (Å²) in [5.41, 5.74) is 6.53. The van der Waals surface area contributed by atoms with E-state index in [9.17, 15) is 8.42 Å². The third kappa shape index (κ3) is 2.61. The van der Waals surface area contributed by atoms with Gasteiger partial charge >= 0.3 is 0 Å². The summed E-state index contributed by atoms with van der Waals surface area (Å²) in [7, 11) is -3.19. The zero-order valence-corrected chi connectivity index (χ0v) is 9.86. The van der Waals surface area contributed by atoms with Crippen molar-refractivity contribution in [2.45, 2.75) is 18.2 Å². The molecule has 0 radical (unpaired) electrons. The van der Waals surface area contributed by atoms with Gasteiger partial charge in [-0.2, -0.15) is 0 Å². The molecule has 0 amide bonds. The van der Waals surface area contributed by atoms with Crippen LogP contribution in [0.4, 0.5) is 0 Å². The number of hydrogen-bond donors (Lipinski definition) is 1. The minimum atomic E-state index is -3.19. The lowest BCUT2D eigenvalue weighted by Crippen LogP contribution is -2.32. The number of nitrogens with zero attached hydrogens (tertiary/aromatic N) is 1. The Morgan fingerprint density at radius 2 is 2.00 bits per heavy atom. The second-order valence-electron chi connectivity index (χ2n) is 4.15. The van der Waals surface area contributed by atoms with E-state index in [1.807, 2.05) is 30.3 Å². The number of nitrogens with two attached hydrogens (primary N) is 1. The van der Waals surface area contributed by atoms with Gasteiger partial charge in [0, 0.05) is 19.1 Å². The third-order valence-corrected chi connectivity index (χ3v) is 4.59. The van der Waals surface area contributed by atoms with Crippen molar-refractivity contribution in [2.75, 3.05) is 13.1 Å². The first-order valence-electron chi connectivity index (χ1n) is 5.35. The van der Waals surface area contributed by atoms with Crippen molar-refractivity contribution >= 4 is 10.0 Å². The quantitative estimate of drug-likeness (QED) is 0.839. The lowest BCUT2D eigenvalue weighted by molar-refractivity contribution is 0.471. The molecule has 88 valence electrons. The lowest BCUT2D eigenvalue weighted by Gasteiger charge is -2.15. The van der Waals surface area contributed by atoms with Crippen molar-refractivity contribution in [1.82, 2.24) is 4.31 Å². The van der Waals surface area contributed by atoms with E-state index in [0.29, 0.717) is 13.1 Å². The van der Waals surface area contributed by atoms with Crippen LogP contribution < -0.4 is 5.73 Å². The first kappa shape index (κ1) is 11.6. The monoisotopic (exact) mass is 240 g/mol. The van der Waals surface area contributed by atoms with Crippen molar-refractivity contribution < 1.29 is 8.42 Å². The normalized spacial score (nSPS) is 22.4. The highest BCUT2D eigenvalue weighted by Crippen LogP contribution is 2.16. The Hall–Kier alpha value is -0.910. The summed E-state index contributed by atoms with van der Waals surface area (Å²) in [6, 6.07) is 9.22. The number of rotatable bonds is 3. The van der Waals surface area contributed by atoms with E-state index in [2.05, 4.69) is 0 Å². The molecule has 2 rings (SSSR count). The van der Waals surface area contributed by atoms with E-state index in [1.54, 1.807) is 0 Å². The smallest absolute Gasteiger partial charge is 0.218 e. The summed E-state index contributed by atoms with van der Waals surface area (Å²) in [6.45, 7) is 1.01. The van der Waals surface area contributed by atoms with Gasteiger partial charge in [0.15, 0.2) is 0 Å². The fourth-order valence-electron chi connectivity index (χ4n) is 1.88. The van der Waals surface area contributed by atoms with Crippen LogP contribution in [-0.4, -0.2) is 31.9 Å². The van der Waals surface area contributed by atoms with Crippen molar-refractivity contribution in [1.29, 1.82) is 0 Å². The highest BCUT2D eigenvalue weighted by atomic mass is 32.2. The van der Waals surface area contributed by atoms with Gasteiger partial charge in [0.1, 0.15) is 0 Å². The Balaban J connectivity index is 2.09. The molecule has 1 aliphatic heterocycles. The van der Waals surface area contributed by atoms with Crippen LogP contribution in [0.25, 0.3) is 0 Å². The fourth-order valence-corrected chi connectivity index (χ4v) is 3.48. The predicted octanol–water partition coefficient (Wildman–Crippen LogP) is 0.549. The highest BCUT2D eigenvalue weighted by Gasteiger charge is 2.29. The average Bonchev–Trinajstić information content (AvgIpc) is 2.66. The summed E-state index contributed by atoms with van der Waals surface area (Å²) in [5, 5.41) is 0. The van der Waals surface area contributed by atoms with Crippen LogP contribution in [0, 0.1) is 0 Å². The van der Waals surface area contributed by atoms with Crippen molar-refractivity contribution in [3.8, 4) is 0 Å². The Morgan fingerprint density at radius 1 is 1.31 bits per heavy atom. The maximum atomic E-state index is 12.0. The Kier molecular flexibility index (Phi) is 3.28. The van der Waals surface area contributed by atoms with E-state index in [1.165, 1.54) is 4.31 Å². The van der Waals surface area contributed by atoms with Gasteiger partial charge in [-0.15, -0.1) is 0 Å². The van der Waals surface area contributed by atoms with Crippen LogP contribution in [0.1, 0.15) is 12.0 Å². The summed E-state index contributed by atoms with van der Waals surface area (Å²) >= 11 is 0. The number of sulfonamides is 1. The molecule has 4 nitrogen and oxygen atoms in total. The molecule has 1 heterocycles. The Morgan fingerprint density at radius 3 is 2.56 bits per heavy atom. The molecule has 0 bridgehead atoms. The molecule has 1 aromatic carbocycles. The molecular formula is C11H16N2O2S. The molecule has 0 aromatic heterocycles.